The summed E-state index contributed by atoms with van der Waals surface area (Å²) in [6.45, 7) is 0. The molecule has 0 aliphatic heterocycles. The summed E-state index contributed by atoms with van der Waals surface area (Å²) in [6, 6.07) is 12.3. The van der Waals surface area contributed by atoms with Gasteiger partial charge in [-0.15, -0.1) is 0 Å². The van der Waals surface area contributed by atoms with Gasteiger partial charge in [0.2, 0.25) is 5.95 Å². The molecule has 1 heterocycles. The minimum absolute atomic E-state index is 0.398. The topological polar surface area (TPSA) is 59.1 Å². The molecule has 128 valence electrons. The van der Waals surface area contributed by atoms with Gasteiger partial charge in [0.25, 0.3) is 0 Å². The van der Waals surface area contributed by atoms with Gasteiger partial charge in [0.1, 0.15) is 11.6 Å². The first-order valence-electron chi connectivity index (χ1n) is 7.21. The lowest BCUT2D eigenvalue weighted by Gasteiger charge is -2.11. The molecule has 0 bridgehead atoms. The van der Waals surface area contributed by atoms with Gasteiger partial charge in [-0.25, -0.2) is 4.98 Å². The van der Waals surface area contributed by atoms with Crippen molar-refractivity contribution in [3.63, 3.8) is 0 Å². The smallest absolute Gasteiger partial charge is 0.229 e. The van der Waals surface area contributed by atoms with Crippen LogP contribution in [0.15, 0.2) is 48.7 Å². The van der Waals surface area contributed by atoms with E-state index < -0.39 is 0 Å². The van der Waals surface area contributed by atoms with E-state index in [0.29, 0.717) is 38.3 Å². The average Bonchev–Trinajstić information content (AvgIpc) is 2.59. The lowest BCUT2D eigenvalue weighted by molar-refractivity contribution is 0.415. The second kappa shape index (κ2) is 7.78. The van der Waals surface area contributed by atoms with Crippen molar-refractivity contribution < 1.29 is 4.74 Å². The number of aromatic nitrogens is 2. The lowest BCUT2D eigenvalue weighted by atomic mass is 10.3. The van der Waals surface area contributed by atoms with Crippen LogP contribution in [-0.2, 0) is 0 Å². The largest absolute Gasteiger partial charge is 0.495 e. The number of ether oxygens (including phenoxy) is 1. The van der Waals surface area contributed by atoms with E-state index in [1.807, 2.05) is 6.07 Å². The molecule has 0 fully saturated rings. The summed E-state index contributed by atoms with van der Waals surface area (Å²) < 4.78 is 5.13. The number of halogens is 3. The van der Waals surface area contributed by atoms with E-state index in [1.54, 1.807) is 49.7 Å². The predicted octanol–water partition coefficient (Wildman–Crippen LogP) is 5.93. The maximum Gasteiger partial charge on any atom is 0.229 e. The second-order valence-electron chi connectivity index (χ2n) is 4.96. The highest BCUT2D eigenvalue weighted by molar-refractivity contribution is 6.39. The van der Waals surface area contributed by atoms with Crippen LogP contribution in [0.1, 0.15) is 0 Å². The Kier molecular flexibility index (Phi) is 5.48. The molecule has 2 aromatic carbocycles. The standard InChI is InChI=1S/C17H13Cl3N4O/c1-25-14-6-5-10(9-13(14)20)22-17-21-8-7-15(24-17)23-16-11(18)3-2-4-12(16)19/h2-9H,1H3,(H2,21,22,23,24). The number of hydrogen-bond acceptors (Lipinski definition) is 5. The number of para-hydroxylation sites is 1. The molecule has 0 saturated heterocycles. The van der Waals surface area contributed by atoms with Crippen molar-refractivity contribution >= 4 is 57.9 Å². The molecule has 1 aromatic heterocycles. The van der Waals surface area contributed by atoms with Gasteiger partial charge in [-0.1, -0.05) is 40.9 Å². The van der Waals surface area contributed by atoms with Crippen LogP contribution in [0.3, 0.4) is 0 Å². The minimum Gasteiger partial charge on any atom is -0.495 e. The number of rotatable bonds is 5. The molecule has 0 unspecified atom stereocenters. The highest BCUT2D eigenvalue weighted by Gasteiger charge is 2.08. The van der Waals surface area contributed by atoms with Crippen LogP contribution in [0.4, 0.5) is 23.1 Å². The quantitative estimate of drug-likeness (QED) is 0.560. The van der Waals surface area contributed by atoms with Crippen LogP contribution in [0.2, 0.25) is 15.1 Å². The fourth-order valence-corrected chi connectivity index (χ4v) is 2.86. The fourth-order valence-electron chi connectivity index (χ4n) is 2.11. The van der Waals surface area contributed by atoms with Crippen LogP contribution in [0.5, 0.6) is 5.75 Å². The average molecular weight is 396 g/mol. The van der Waals surface area contributed by atoms with E-state index in [-0.39, 0.29) is 0 Å². The first-order chi connectivity index (χ1) is 12.1. The number of hydrogen-bond donors (Lipinski definition) is 2. The van der Waals surface area contributed by atoms with E-state index >= 15 is 0 Å². The van der Waals surface area contributed by atoms with Crippen LogP contribution in [-0.4, -0.2) is 17.1 Å². The Morgan fingerprint density at radius 3 is 2.36 bits per heavy atom. The summed E-state index contributed by atoms with van der Waals surface area (Å²) in [5.74, 6) is 1.54. The number of nitrogens with zero attached hydrogens (tertiary/aromatic N) is 2. The van der Waals surface area contributed by atoms with Crippen molar-refractivity contribution in [3.8, 4) is 5.75 Å². The summed E-state index contributed by atoms with van der Waals surface area (Å²) in [4.78, 5) is 8.58. The van der Waals surface area contributed by atoms with Crippen molar-refractivity contribution in [2.75, 3.05) is 17.7 Å². The highest BCUT2D eigenvalue weighted by Crippen LogP contribution is 2.32. The lowest BCUT2D eigenvalue weighted by Crippen LogP contribution is -2.01. The Balaban J connectivity index is 1.81. The Morgan fingerprint density at radius 2 is 1.68 bits per heavy atom. The van der Waals surface area contributed by atoms with Crippen LogP contribution < -0.4 is 15.4 Å². The monoisotopic (exact) mass is 394 g/mol. The first kappa shape index (κ1) is 17.6. The number of benzene rings is 2. The van der Waals surface area contributed by atoms with Crippen LogP contribution in [0, 0.1) is 0 Å². The molecule has 0 aliphatic carbocycles. The third kappa shape index (κ3) is 4.25. The third-order valence-electron chi connectivity index (χ3n) is 3.28. The summed E-state index contributed by atoms with van der Waals surface area (Å²) >= 11 is 18.4. The van der Waals surface area contributed by atoms with Gasteiger partial charge in [0.05, 0.1) is 27.9 Å². The summed E-state index contributed by atoms with van der Waals surface area (Å²) in [6.07, 6.45) is 1.62. The molecule has 8 heteroatoms. The van der Waals surface area contributed by atoms with E-state index in [0.717, 1.165) is 5.69 Å². The van der Waals surface area contributed by atoms with Gasteiger partial charge >= 0.3 is 0 Å². The van der Waals surface area contributed by atoms with E-state index in [2.05, 4.69) is 20.6 Å². The van der Waals surface area contributed by atoms with E-state index in [9.17, 15) is 0 Å². The molecular formula is C17H13Cl3N4O. The molecule has 3 aromatic rings. The molecule has 0 saturated carbocycles. The molecule has 3 rings (SSSR count). The molecule has 0 spiro atoms. The number of methoxy groups -OCH3 is 1. The second-order valence-corrected chi connectivity index (χ2v) is 6.18. The van der Waals surface area contributed by atoms with Gasteiger partial charge in [-0.2, -0.15) is 4.98 Å². The normalized spacial score (nSPS) is 10.4. The maximum absolute atomic E-state index is 6.16. The highest BCUT2D eigenvalue weighted by atomic mass is 35.5. The van der Waals surface area contributed by atoms with Crippen molar-refractivity contribution in [3.05, 3.63) is 63.7 Å². The molecular weight excluding hydrogens is 383 g/mol. The van der Waals surface area contributed by atoms with Crippen molar-refractivity contribution in [2.45, 2.75) is 0 Å². The number of nitrogens with one attached hydrogen (secondary N) is 2. The van der Waals surface area contributed by atoms with Gasteiger partial charge < -0.3 is 15.4 Å². The molecule has 0 atom stereocenters. The molecule has 0 aliphatic rings. The first-order valence-corrected chi connectivity index (χ1v) is 8.35. The zero-order valence-corrected chi connectivity index (χ0v) is 15.3. The van der Waals surface area contributed by atoms with Crippen molar-refractivity contribution in [2.24, 2.45) is 0 Å². The van der Waals surface area contributed by atoms with Gasteiger partial charge in [-0.3, -0.25) is 0 Å². The Bertz CT molecular complexity index is 885. The van der Waals surface area contributed by atoms with Gasteiger partial charge in [0.15, 0.2) is 0 Å². The Hall–Kier alpha value is -2.21. The molecule has 0 radical (unpaired) electrons. The van der Waals surface area contributed by atoms with Crippen LogP contribution in [0.25, 0.3) is 0 Å². The Morgan fingerprint density at radius 1 is 0.920 bits per heavy atom. The minimum atomic E-state index is 0.398. The van der Waals surface area contributed by atoms with Crippen molar-refractivity contribution in [1.29, 1.82) is 0 Å². The maximum atomic E-state index is 6.16. The zero-order chi connectivity index (χ0) is 17.8. The van der Waals surface area contributed by atoms with E-state index in [4.69, 9.17) is 39.5 Å². The molecule has 2 N–H and O–H groups in total. The summed E-state index contributed by atoms with van der Waals surface area (Å²) in [7, 11) is 1.56. The van der Waals surface area contributed by atoms with Crippen molar-refractivity contribution in [1.82, 2.24) is 9.97 Å². The third-order valence-corrected chi connectivity index (χ3v) is 4.20. The molecule has 0 amide bonds. The summed E-state index contributed by atoms with van der Waals surface area (Å²) in [5.41, 5.74) is 1.32. The predicted molar refractivity (Wildman–Crippen MR) is 103 cm³/mol. The molecule has 5 nitrogen and oxygen atoms in total. The summed E-state index contributed by atoms with van der Waals surface area (Å²) in [5, 5.41) is 7.67. The molecule has 25 heavy (non-hydrogen) atoms. The van der Waals surface area contributed by atoms with Gasteiger partial charge in [-0.05, 0) is 36.4 Å². The Labute approximate surface area is 159 Å². The van der Waals surface area contributed by atoms with E-state index in [1.165, 1.54) is 0 Å². The fraction of sp³-hybridized carbons (Fsp3) is 0.0588. The zero-order valence-electron chi connectivity index (χ0n) is 13.1. The number of anilines is 4. The SMILES string of the molecule is COc1ccc(Nc2nccc(Nc3c(Cl)cccc3Cl)n2)cc1Cl. The van der Waals surface area contributed by atoms with Gasteiger partial charge in [0, 0.05) is 11.9 Å². The van der Waals surface area contributed by atoms with Crippen LogP contribution >= 0.6 is 34.8 Å².